The lowest BCUT2D eigenvalue weighted by molar-refractivity contribution is 0.284. The Morgan fingerprint density at radius 3 is 2.47 bits per heavy atom. The highest BCUT2D eigenvalue weighted by Crippen LogP contribution is 2.32. The van der Waals surface area contributed by atoms with Crippen molar-refractivity contribution in [1.82, 2.24) is 0 Å². The molecule has 0 aromatic carbocycles. The molecule has 0 fully saturated rings. The summed E-state index contributed by atoms with van der Waals surface area (Å²) in [6, 6.07) is 0. The lowest BCUT2D eigenvalue weighted by Gasteiger charge is -2.26. The maximum Gasteiger partial charge on any atom is -0.00742 e. The van der Waals surface area contributed by atoms with Gasteiger partial charge in [-0.15, -0.1) is 0 Å². The summed E-state index contributed by atoms with van der Waals surface area (Å²) < 4.78 is 0. The largest absolute Gasteiger partial charge is 0.330 e. The van der Waals surface area contributed by atoms with Gasteiger partial charge in [0.25, 0.3) is 0 Å². The molecule has 1 nitrogen and oxygen atoms in total. The third-order valence-electron chi connectivity index (χ3n) is 3.43. The Labute approximate surface area is 96.1 Å². The molecule has 1 atom stereocenters. The molecule has 1 unspecified atom stereocenters. The van der Waals surface area contributed by atoms with E-state index in [0.717, 1.165) is 13.0 Å². The van der Waals surface area contributed by atoms with E-state index in [4.69, 9.17) is 5.73 Å². The van der Waals surface area contributed by atoms with E-state index in [2.05, 4.69) is 33.8 Å². The van der Waals surface area contributed by atoms with Gasteiger partial charge in [-0.3, -0.25) is 0 Å². The Hall–Kier alpha value is -0.300. The van der Waals surface area contributed by atoms with Crippen LogP contribution in [0.5, 0.6) is 0 Å². The second-order valence-corrected chi connectivity index (χ2v) is 5.06. The van der Waals surface area contributed by atoms with Crippen LogP contribution >= 0.6 is 0 Å². The van der Waals surface area contributed by atoms with E-state index in [0.29, 0.717) is 5.41 Å². The normalized spacial score (nSPS) is 16.5. The van der Waals surface area contributed by atoms with Gasteiger partial charge < -0.3 is 5.73 Å². The molecule has 0 aromatic heterocycles. The van der Waals surface area contributed by atoms with Crippen molar-refractivity contribution in [3.8, 4) is 0 Å². The van der Waals surface area contributed by atoms with E-state index >= 15 is 0 Å². The summed E-state index contributed by atoms with van der Waals surface area (Å²) >= 11 is 0. The molecule has 0 aliphatic heterocycles. The minimum Gasteiger partial charge on any atom is -0.330 e. The van der Waals surface area contributed by atoms with Gasteiger partial charge in [0.05, 0.1) is 0 Å². The number of hydrogen-bond acceptors (Lipinski definition) is 1. The van der Waals surface area contributed by atoms with Gasteiger partial charge in [0.2, 0.25) is 0 Å². The minimum absolute atomic E-state index is 0.513. The second-order valence-electron chi connectivity index (χ2n) is 5.06. The van der Waals surface area contributed by atoms with Gasteiger partial charge in [0.1, 0.15) is 0 Å². The molecule has 0 aliphatic rings. The molecule has 1 heteroatoms. The van der Waals surface area contributed by atoms with Crippen LogP contribution < -0.4 is 5.73 Å². The van der Waals surface area contributed by atoms with Crippen LogP contribution in [0.4, 0.5) is 0 Å². The molecule has 0 radical (unpaired) electrons. The molecular weight excluding hydrogens is 182 g/mol. The van der Waals surface area contributed by atoms with Crippen LogP contribution in [0.15, 0.2) is 11.6 Å². The predicted octanol–water partition coefficient (Wildman–Crippen LogP) is 4.28. The Kier molecular flexibility index (Phi) is 7.76. The van der Waals surface area contributed by atoms with Crippen molar-refractivity contribution in [1.29, 1.82) is 0 Å². The van der Waals surface area contributed by atoms with Gasteiger partial charge in [-0.1, -0.05) is 45.3 Å². The monoisotopic (exact) mass is 211 g/mol. The maximum absolute atomic E-state index is 5.51. The van der Waals surface area contributed by atoms with Gasteiger partial charge in [-0.2, -0.15) is 0 Å². The van der Waals surface area contributed by atoms with Gasteiger partial charge in [-0.05, 0) is 44.6 Å². The number of nitrogens with two attached hydrogens (primary N) is 1. The van der Waals surface area contributed by atoms with E-state index in [1.807, 2.05) is 0 Å². The van der Waals surface area contributed by atoms with E-state index < -0.39 is 0 Å². The number of hydrogen-bond donors (Lipinski definition) is 1. The fraction of sp³-hybridized carbons (Fsp3) is 0.857. The zero-order valence-corrected chi connectivity index (χ0v) is 11.1. The third kappa shape index (κ3) is 6.72. The van der Waals surface area contributed by atoms with Gasteiger partial charge in [0, 0.05) is 0 Å². The molecule has 0 rings (SSSR count). The molecule has 15 heavy (non-hydrogen) atoms. The van der Waals surface area contributed by atoms with Crippen molar-refractivity contribution < 1.29 is 0 Å². The molecule has 0 spiro atoms. The Balaban J connectivity index is 4.07. The van der Waals surface area contributed by atoms with Crippen molar-refractivity contribution in [2.75, 3.05) is 6.54 Å². The molecule has 0 bridgehead atoms. The molecule has 0 heterocycles. The Bertz CT molecular complexity index is 184. The Morgan fingerprint density at radius 1 is 1.33 bits per heavy atom. The standard InChI is InChI=1S/C14H29N/c1-5-10-14(4,6-2)11-9-13(3)8-7-12-15/h9H,5-8,10-12,15H2,1-4H3. The minimum atomic E-state index is 0.513. The van der Waals surface area contributed by atoms with E-state index in [1.165, 1.54) is 37.7 Å². The second kappa shape index (κ2) is 7.92. The van der Waals surface area contributed by atoms with Gasteiger partial charge in [0.15, 0.2) is 0 Å². The quantitative estimate of drug-likeness (QED) is 0.596. The predicted molar refractivity (Wildman–Crippen MR) is 70.0 cm³/mol. The first kappa shape index (κ1) is 14.7. The molecule has 0 amide bonds. The molecular formula is C14H29N. The average molecular weight is 211 g/mol. The summed E-state index contributed by atoms with van der Waals surface area (Å²) in [6.45, 7) is 10.0. The first-order valence-electron chi connectivity index (χ1n) is 6.43. The van der Waals surface area contributed by atoms with Crippen LogP contribution in [0.25, 0.3) is 0 Å². The van der Waals surface area contributed by atoms with Crippen LogP contribution in [0.1, 0.15) is 66.2 Å². The van der Waals surface area contributed by atoms with Crippen LogP contribution in [0, 0.1) is 5.41 Å². The molecule has 90 valence electrons. The van der Waals surface area contributed by atoms with Crippen molar-refractivity contribution >= 4 is 0 Å². The first-order chi connectivity index (χ1) is 7.08. The van der Waals surface area contributed by atoms with Gasteiger partial charge in [-0.25, -0.2) is 0 Å². The lowest BCUT2D eigenvalue weighted by atomic mass is 9.79. The van der Waals surface area contributed by atoms with Crippen molar-refractivity contribution in [3.05, 3.63) is 11.6 Å². The summed E-state index contributed by atoms with van der Waals surface area (Å²) in [5, 5.41) is 0. The summed E-state index contributed by atoms with van der Waals surface area (Å²) in [4.78, 5) is 0. The van der Waals surface area contributed by atoms with Crippen LogP contribution in [0.2, 0.25) is 0 Å². The molecule has 0 aromatic rings. The topological polar surface area (TPSA) is 26.0 Å². The van der Waals surface area contributed by atoms with Crippen molar-refractivity contribution in [3.63, 3.8) is 0 Å². The first-order valence-corrected chi connectivity index (χ1v) is 6.43. The van der Waals surface area contributed by atoms with Crippen LogP contribution in [-0.2, 0) is 0 Å². The summed E-state index contributed by atoms with van der Waals surface area (Å²) in [7, 11) is 0. The van der Waals surface area contributed by atoms with E-state index in [1.54, 1.807) is 0 Å². The molecule has 2 N–H and O–H groups in total. The van der Waals surface area contributed by atoms with Crippen molar-refractivity contribution in [2.24, 2.45) is 11.1 Å². The fourth-order valence-corrected chi connectivity index (χ4v) is 1.93. The average Bonchev–Trinajstić information content (AvgIpc) is 2.24. The molecule has 0 saturated carbocycles. The van der Waals surface area contributed by atoms with Gasteiger partial charge >= 0.3 is 0 Å². The summed E-state index contributed by atoms with van der Waals surface area (Å²) in [6.07, 6.45) is 9.86. The summed E-state index contributed by atoms with van der Waals surface area (Å²) in [5.41, 5.74) is 7.53. The molecule has 0 saturated heterocycles. The third-order valence-corrected chi connectivity index (χ3v) is 3.43. The highest BCUT2D eigenvalue weighted by Gasteiger charge is 2.18. The smallest absolute Gasteiger partial charge is 0.00742 e. The Morgan fingerprint density at radius 2 is 2.00 bits per heavy atom. The zero-order chi connectivity index (χ0) is 11.7. The number of rotatable bonds is 8. The van der Waals surface area contributed by atoms with Crippen LogP contribution in [0.3, 0.4) is 0 Å². The summed E-state index contributed by atoms with van der Waals surface area (Å²) in [5.74, 6) is 0. The maximum atomic E-state index is 5.51. The zero-order valence-electron chi connectivity index (χ0n) is 11.1. The van der Waals surface area contributed by atoms with E-state index in [9.17, 15) is 0 Å². The van der Waals surface area contributed by atoms with Crippen molar-refractivity contribution in [2.45, 2.75) is 66.2 Å². The van der Waals surface area contributed by atoms with E-state index in [-0.39, 0.29) is 0 Å². The number of allylic oxidation sites excluding steroid dienone is 2. The highest BCUT2D eigenvalue weighted by molar-refractivity contribution is 5.00. The fourth-order valence-electron chi connectivity index (χ4n) is 1.93. The lowest BCUT2D eigenvalue weighted by Crippen LogP contribution is -2.13. The van der Waals surface area contributed by atoms with Crippen LogP contribution in [-0.4, -0.2) is 6.54 Å². The highest BCUT2D eigenvalue weighted by atomic mass is 14.5. The molecule has 0 aliphatic carbocycles. The SMILES string of the molecule is CCCC(C)(CC)CC=C(C)CCCN.